The van der Waals surface area contributed by atoms with Gasteiger partial charge in [0.25, 0.3) is 0 Å². The van der Waals surface area contributed by atoms with Crippen LogP contribution in [0.25, 0.3) is 10.9 Å². The second kappa shape index (κ2) is 14.1. The number of hydrogen-bond acceptors (Lipinski definition) is 7. The Morgan fingerprint density at radius 2 is 1.95 bits per heavy atom. The van der Waals surface area contributed by atoms with E-state index in [1.54, 1.807) is 23.1 Å². The van der Waals surface area contributed by atoms with Crippen molar-refractivity contribution in [2.45, 2.75) is 57.0 Å². The second-order valence-corrected chi connectivity index (χ2v) is 12.2. The molecule has 2 aliphatic rings. The van der Waals surface area contributed by atoms with Crippen molar-refractivity contribution >= 4 is 45.3 Å². The number of carbonyl (C=O) groups is 2. The molecule has 10 nitrogen and oxygen atoms in total. The molecule has 1 fully saturated rings. The number of nitrogens with zero attached hydrogens (tertiary/aromatic N) is 1. The summed E-state index contributed by atoms with van der Waals surface area (Å²) in [6.45, 7) is 0.0431. The maximum atomic E-state index is 13.9. The van der Waals surface area contributed by atoms with Crippen LogP contribution in [0.3, 0.4) is 0 Å². The molecule has 3 atom stereocenters. The van der Waals surface area contributed by atoms with Crippen molar-refractivity contribution in [3.8, 4) is 11.5 Å². The van der Waals surface area contributed by atoms with Gasteiger partial charge in [0.05, 0.1) is 29.9 Å². The summed E-state index contributed by atoms with van der Waals surface area (Å²) >= 11 is 2.08. The molecule has 0 saturated heterocycles. The van der Waals surface area contributed by atoms with Gasteiger partial charge >= 0.3 is 0 Å². The highest BCUT2D eigenvalue weighted by Gasteiger charge is 2.43. The van der Waals surface area contributed by atoms with Crippen LogP contribution in [0.5, 0.6) is 11.5 Å². The average molecular weight is 704 g/mol. The normalized spacial score (nSPS) is 20.3. The molecule has 1 saturated carbocycles. The molecule has 1 aromatic heterocycles. The summed E-state index contributed by atoms with van der Waals surface area (Å²) in [5.41, 5.74) is 3.00. The first-order valence-corrected chi connectivity index (χ1v) is 15.7. The van der Waals surface area contributed by atoms with E-state index in [0.717, 1.165) is 35.9 Å². The molecule has 0 unspecified atom stereocenters. The number of fused-ring (bicyclic) bond motifs is 1. The molecule has 43 heavy (non-hydrogen) atoms. The van der Waals surface area contributed by atoms with Gasteiger partial charge in [0.15, 0.2) is 11.5 Å². The van der Waals surface area contributed by atoms with Crippen LogP contribution >= 0.6 is 22.6 Å². The van der Waals surface area contributed by atoms with Crippen molar-refractivity contribution in [2.75, 3.05) is 26.8 Å². The highest BCUT2D eigenvalue weighted by atomic mass is 127. The number of aromatic amines is 1. The van der Waals surface area contributed by atoms with Crippen molar-refractivity contribution in [3.63, 3.8) is 0 Å². The smallest absolute Gasteiger partial charge is 0.247 e. The summed E-state index contributed by atoms with van der Waals surface area (Å²) in [5.74, 6) is 0.224. The number of aliphatic hydroxyl groups is 3. The Hall–Kier alpha value is -3.13. The minimum absolute atomic E-state index is 0.0263. The van der Waals surface area contributed by atoms with Crippen molar-refractivity contribution in [1.29, 1.82) is 0 Å². The van der Waals surface area contributed by atoms with Crippen LogP contribution in [0.15, 0.2) is 54.1 Å². The molecular weight excluding hydrogens is 665 g/mol. The van der Waals surface area contributed by atoms with Gasteiger partial charge in [0, 0.05) is 48.6 Å². The first-order chi connectivity index (χ1) is 20.8. The minimum atomic E-state index is -1.14. The van der Waals surface area contributed by atoms with Gasteiger partial charge in [-0.2, -0.15) is 0 Å². The van der Waals surface area contributed by atoms with E-state index >= 15 is 0 Å². The van der Waals surface area contributed by atoms with Crippen molar-refractivity contribution in [2.24, 2.45) is 5.92 Å². The van der Waals surface area contributed by atoms with E-state index in [1.807, 2.05) is 24.3 Å². The molecular formula is C32H38IN3O7. The Kier molecular flexibility index (Phi) is 10.3. The molecule has 2 aromatic carbocycles. The Balaban J connectivity index is 1.47. The van der Waals surface area contributed by atoms with Crippen molar-refractivity contribution in [1.82, 2.24) is 15.2 Å². The lowest BCUT2D eigenvalue weighted by Gasteiger charge is -2.43. The monoisotopic (exact) mass is 703 g/mol. The zero-order valence-corrected chi connectivity index (χ0v) is 26.2. The van der Waals surface area contributed by atoms with E-state index in [-0.39, 0.29) is 43.9 Å². The molecule has 5 rings (SSSR count). The number of amides is 2. The maximum Gasteiger partial charge on any atom is 0.247 e. The van der Waals surface area contributed by atoms with Crippen LogP contribution in [0, 0.1) is 9.49 Å². The summed E-state index contributed by atoms with van der Waals surface area (Å²) < 4.78 is 12.6. The molecule has 0 radical (unpaired) electrons. The van der Waals surface area contributed by atoms with Gasteiger partial charge in [-0.05, 0) is 76.7 Å². The minimum Gasteiger partial charge on any atom is -0.493 e. The number of carbonyl (C=O) groups excluding carboxylic acids is 2. The van der Waals surface area contributed by atoms with Crippen LogP contribution < -0.4 is 14.8 Å². The van der Waals surface area contributed by atoms with E-state index in [0.29, 0.717) is 39.2 Å². The SMILES string of the molecule is COc1cc(CO)cc(I)c1O[C@H]1C=C(C(=O)NCCO)C[C@@H](N(CCc2cc3ccccc3[nH]2)C(=O)C2CCC2)[C@@H]1O. The number of aliphatic hydroxyl groups excluding tert-OH is 3. The molecule has 0 bridgehead atoms. The summed E-state index contributed by atoms with van der Waals surface area (Å²) in [6, 6.07) is 12.8. The summed E-state index contributed by atoms with van der Waals surface area (Å²) in [4.78, 5) is 32.2. The first kappa shape index (κ1) is 31.3. The largest absolute Gasteiger partial charge is 0.493 e. The Bertz CT molecular complexity index is 1450. The van der Waals surface area contributed by atoms with Crippen LogP contribution in [-0.4, -0.2) is 82.1 Å². The lowest BCUT2D eigenvalue weighted by Crippen LogP contribution is -2.57. The molecule has 2 amide bonds. The highest BCUT2D eigenvalue weighted by Crippen LogP contribution is 2.38. The van der Waals surface area contributed by atoms with Gasteiger partial charge < -0.3 is 40.0 Å². The number of benzene rings is 2. The lowest BCUT2D eigenvalue weighted by atomic mass is 9.82. The average Bonchev–Trinajstić information content (AvgIpc) is 3.40. The molecule has 3 aromatic rings. The molecule has 2 aliphatic carbocycles. The summed E-state index contributed by atoms with van der Waals surface area (Å²) in [6.07, 6.45) is 2.76. The molecule has 0 spiro atoms. The number of methoxy groups -OCH3 is 1. The fraction of sp³-hybridized carbons (Fsp3) is 0.438. The Morgan fingerprint density at radius 1 is 1.16 bits per heavy atom. The number of H-pyrrole nitrogens is 1. The maximum absolute atomic E-state index is 13.9. The van der Waals surface area contributed by atoms with E-state index in [1.165, 1.54) is 7.11 Å². The van der Waals surface area contributed by atoms with Crippen LogP contribution in [0.2, 0.25) is 0 Å². The zero-order chi connectivity index (χ0) is 30.5. The van der Waals surface area contributed by atoms with E-state index in [4.69, 9.17) is 9.47 Å². The Labute approximate surface area is 264 Å². The van der Waals surface area contributed by atoms with Gasteiger partial charge in [-0.15, -0.1) is 0 Å². The zero-order valence-electron chi connectivity index (χ0n) is 24.1. The lowest BCUT2D eigenvalue weighted by molar-refractivity contribution is -0.145. The predicted octanol–water partition coefficient (Wildman–Crippen LogP) is 3.06. The van der Waals surface area contributed by atoms with Gasteiger partial charge in [-0.3, -0.25) is 9.59 Å². The number of ether oxygens (including phenoxy) is 2. The van der Waals surface area contributed by atoms with Crippen LogP contribution in [0.1, 0.15) is 36.9 Å². The van der Waals surface area contributed by atoms with Crippen LogP contribution in [0.4, 0.5) is 0 Å². The number of aromatic nitrogens is 1. The third-order valence-corrected chi connectivity index (χ3v) is 9.09. The van der Waals surface area contributed by atoms with Gasteiger partial charge in [-0.1, -0.05) is 24.6 Å². The second-order valence-electron chi connectivity index (χ2n) is 11.1. The van der Waals surface area contributed by atoms with E-state index in [2.05, 4.69) is 39.0 Å². The standard InChI is InChI=1S/C32H38IN3O7/c1-42-28-14-19(18-38)13-24(33)30(28)43-27-17-22(31(40)34-10-12-37)16-26(29(27)39)36(32(41)20-6-4-7-20)11-9-23-15-21-5-2-3-8-25(21)35-23/h2-3,5,8,13-15,17,20,26-27,29,35,37-39H,4,6-7,9-12,16,18H2,1H3,(H,34,40)/t26-,27+,29+/m1/s1. The highest BCUT2D eigenvalue weighted by molar-refractivity contribution is 14.1. The van der Waals surface area contributed by atoms with Gasteiger partial charge in [-0.25, -0.2) is 0 Å². The fourth-order valence-electron chi connectivity index (χ4n) is 5.73. The topological polar surface area (TPSA) is 144 Å². The molecule has 1 heterocycles. The Morgan fingerprint density at radius 3 is 2.63 bits per heavy atom. The molecule has 0 aliphatic heterocycles. The number of halogens is 1. The van der Waals surface area contributed by atoms with E-state index in [9.17, 15) is 24.9 Å². The summed E-state index contributed by atoms with van der Waals surface area (Å²) in [5, 5.41) is 34.5. The van der Waals surface area contributed by atoms with Crippen molar-refractivity contribution < 1.29 is 34.4 Å². The molecule has 5 N–H and O–H groups in total. The van der Waals surface area contributed by atoms with Crippen LogP contribution in [-0.2, 0) is 22.6 Å². The first-order valence-electron chi connectivity index (χ1n) is 14.6. The fourth-order valence-corrected chi connectivity index (χ4v) is 6.53. The number of rotatable bonds is 12. The van der Waals surface area contributed by atoms with E-state index < -0.39 is 18.2 Å². The van der Waals surface area contributed by atoms with Crippen molar-refractivity contribution in [3.05, 3.63) is 68.9 Å². The third kappa shape index (κ3) is 7.00. The quantitative estimate of drug-likeness (QED) is 0.183. The number of hydrogen-bond donors (Lipinski definition) is 5. The molecule has 11 heteroatoms. The third-order valence-electron chi connectivity index (χ3n) is 8.29. The van der Waals surface area contributed by atoms with Gasteiger partial charge in [0.2, 0.25) is 11.8 Å². The number of nitrogens with one attached hydrogen (secondary N) is 2. The predicted molar refractivity (Wildman–Crippen MR) is 170 cm³/mol. The molecule has 230 valence electrons. The van der Waals surface area contributed by atoms with Gasteiger partial charge in [0.1, 0.15) is 12.2 Å². The number of para-hydroxylation sites is 1. The summed E-state index contributed by atoms with van der Waals surface area (Å²) in [7, 11) is 1.49.